The summed E-state index contributed by atoms with van der Waals surface area (Å²) in [7, 11) is 1.12. The molecule has 0 saturated heterocycles. The molecule has 6 heteroatoms. The van der Waals surface area contributed by atoms with Crippen molar-refractivity contribution in [3.05, 3.63) is 28.2 Å². The van der Waals surface area contributed by atoms with E-state index in [0.717, 1.165) is 7.11 Å². The number of ether oxygens (including phenoxy) is 1. The summed E-state index contributed by atoms with van der Waals surface area (Å²) in [6, 6.07) is 4.44. The maximum atomic E-state index is 11.1. The largest absolute Gasteiger partial charge is 0.462 e. The summed E-state index contributed by atoms with van der Waals surface area (Å²) in [6.07, 6.45) is 0. The van der Waals surface area contributed by atoms with Gasteiger partial charge >= 0.3 is 11.9 Å². The van der Waals surface area contributed by atoms with Crippen molar-refractivity contribution in [2.24, 2.45) is 0 Å². The standard InChI is InChI=1S/C9H7Cl2NO3/c1-15-9(14)8(13)12-7-3-5(10)2-6(11)4-7/h2-4H,1H3,(H,12,13). The second-order valence-corrected chi connectivity index (χ2v) is 3.48. The number of benzene rings is 1. The molecular formula is C9H7Cl2NO3. The molecule has 0 aliphatic heterocycles. The van der Waals surface area contributed by atoms with Crippen LogP contribution >= 0.6 is 23.2 Å². The molecule has 0 spiro atoms. The fourth-order valence-corrected chi connectivity index (χ4v) is 1.43. The number of methoxy groups -OCH3 is 1. The minimum atomic E-state index is -0.980. The molecule has 1 aromatic carbocycles. The van der Waals surface area contributed by atoms with Gasteiger partial charge in [0.05, 0.1) is 7.11 Å². The van der Waals surface area contributed by atoms with E-state index in [2.05, 4.69) is 10.1 Å². The van der Waals surface area contributed by atoms with E-state index < -0.39 is 11.9 Å². The van der Waals surface area contributed by atoms with Gasteiger partial charge in [-0.15, -0.1) is 0 Å². The molecule has 0 aliphatic rings. The molecule has 4 nitrogen and oxygen atoms in total. The van der Waals surface area contributed by atoms with E-state index in [4.69, 9.17) is 23.2 Å². The number of carbonyl (C=O) groups excluding carboxylic acids is 2. The number of halogens is 2. The van der Waals surface area contributed by atoms with Crippen molar-refractivity contribution < 1.29 is 14.3 Å². The summed E-state index contributed by atoms with van der Waals surface area (Å²) in [5.41, 5.74) is 0.336. The highest BCUT2D eigenvalue weighted by molar-refractivity contribution is 6.38. The summed E-state index contributed by atoms with van der Waals surface area (Å²) in [5, 5.41) is 3.02. The van der Waals surface area contributed by atoms with Crippen molar-refractivity contribution in [3.8, 4) is 0 Å². The van der Waals surface area contributed by atoms with Gasteiger partial charge < -0.3 is 10.1 Å². The molecule has 0 aliphatic carbocycles. The molecule has 15 heavy (non-hydrogen) atoms. The van der Waals surface area contributed by atoms with Gasteiger partial charge in [-0.3, -0.25) is 4.79 Å². The fourth-order valence-electron chi connectivity index (χ4n) is 0.901. The van der Waals surface area contributed by atoms with E-state index in [-0.39, 0.29) is 0 Å². The zero-order valence-corrected chi connectivity index (χ0v) is 9.22. The average Bonchev–Trinajstić information content (AvgIpc) is 2.14. The zero-order chi connectivity index (χ0) is 11.4. The van der Waals surface area contributed by atoms with Crippen molar-refractivity contribution in [3.63, 3.8) is 0 Å². The van der Waals surface area contributed by atoms with Crippen LogP contribution < -0.4 is 5.32 Å². The Bertz CT molecular complexity index is 386. The van der Waals surface area contributed by atoms with Crippen molar-refractivity contribution >= 4 is 40.8 Å². The first-order valence-corrected chi connectivity index (χ1v) is 4.64. The number of rotatable bonds is 1. The lowest BCUT2D eigenvalue weighted by Crippen LogP contribution is -2.23. The van der Waals surface area contributed by atoms with Crippen LogP contribution in [-0.2, 0) is 14.3 Å². The smallest absolute Gasteiger partial charge is 0.396 e. The summed E-state index contributed by atoms with van der Waals surface area (Å²) < 4.78 is 4.23. The van der Waals surface area contributed by atoms with Crippen molar-refractivity contribution in [2.75, 3.05) is 12.4 Å². The van der Waals surface area contributed by atoms with E-state index in [0.29, 0.717) is 15.7 Å². The van der Waals surface area contributed by atoms with Gasteiger partial charge in [0.15, 0.2) is 0 Å². The molecule has 0 aromatic heterocycles. The van der Waals surface area contributed by atoms with Crippen LogP contribution in [0.25, 0.3) is 0 Å². The first-order chi connectivity index (χ1) is 7.02. The quantitative estimate of drug-likeness (QED) is 0.611. The summed E-state index contributed by atoms with van der Waals surface area (Å²) in [5.74, 6) is -1.86. The highest BCUT2D eigenvalue weighted by atomic mass is 35.5. The molecule has 0 atom stereocenters. The predicted molar refractivity (Wildman–Crippen MR) is 57.1 cm³/mol. The molecule has 1 N–H and O–H groups in total. The van der Waals surface area contributed by atoms with Gasteiger partial charge in [0.2, 0.25) is 0 Å². The topological polar surface area (TPSA) is 55.4 Å². The van der Waals surface area contributed by atoms with E-state index >= 15 is 0 Å². The summed E-state index contributed by atoms with van der Waals surface area (Å²) in [4.78, 5) is 21.9. The molecule has 0 bridgehead atoms. The fraction of sp³-hybridized carbons (Fsp3) is 0.111. The molecule has 0 heterocycles. The Morgan fingerprint density at radius 3 is 2.20 bits per heavy atom. The zero-order valence-electron chi connectivity index (χ0n) is 7.71. The van der Waals surface area contributed by atoms with E-state index in [9.17, 15) is 9.59 Å². The number of carbonyl (C=O) groups is 2. The molecule has 1 amide bonds. The van der Waals surface area contributed by atoms with Crippen LogP contribution in [0.5, 0.6) is 0 Å². The Hall–Kier alpha value is -1.26. The average molecular weight is 248 g/mol. The number of hydrogen-bond donors (Lipinski definition) is 1. The van der Waals surface area contributed by atoms with Crippen molar-refractivity contribution in [1.29, 1.82) is 0 Å². The monoisotopic (exact) mass is 247 g/mol. The predicted octanol–water partition coefficient (Wildman–Crippen LogP) is 2.10. The Morgan fingerprint density at radius 2 is 1.73 bits per heavy atom. The molecular weight excluding hydrogens is 241 g/mol. The van der Waals surface area contributed by atoms with Crippen LogP contribution in [0.4, 0.5) is 5.69 Å². The molecule has 0 fully saturated rings. The summed E-state index contributed by atoms with van der Waals surface area (Å²) >= 11 is 11.4. The van der Waals surface area contributed by atoms with Crippen molar-refractivity contribution in [2.45, 2.75) is 0 Å². The molecule has 1 aromatic rings. The maximum absolute atomic E-state index is 11.1. The number of hydrogen-bond acceptors (Lipinski definition) is 3. The Kier molecular flexibility index (Phi) is 3.94. The van der Waals surface area contributed by atoms with Gasteiger partial charge in [-0.25, -0.2) is 4.79 Å². The Labute approximate surface area is 96.1 Å². The number of amides is 1. The van der Waals surface area contributed by atoms with Crippen molar-refractivity contribution in [1.82, 2.24) is 0 Å². The van der Waals surface area contributed by atoms with E-state index in [1.165, 1.54) is 18.2 Å². The van der Waals surface area contributed by atoms with Gasteiger partial charge in [-0.05, 0) is 18.2 Å². The number of nitrogens with one attached hydrogen (secondary N) is 1. The third kappa shape index (κ3) is 3.42. The van der Waals surface area contributed by atoms with Gasteiger partial charge in [-0.1, -0.05) is 23.2 Å². The first kappa shape index (κ1) is 11.8. The summed E-state index contributed by atoms with van der Waals surface area (Å²) in [6.45, 7) is 0. The third-order valence-electron chi connectivity index (χ3n) is 1.49. The second-order valence-electron chi connectivity index (χ2n) is 2.60. The highest BCUT2D eigenvalue weighted by Crippen LogP contribution is 2.22. The van der Waals surface area contributed by atoms with Crippen LogP contribution in [0.15, 0.2) is 18.2 Å². The lowest BCUT2D eigenvalue weighted by atomic mass is 10.3. The van der Waals surface area contributed by atoms with Crippen LogP contribution in [0.2, 0.25) is 10.0 Å². The lowest BCUT2D eigenvalue weighted by Gasteiger charge is -2.04. The number of esters is 1. The maximum Gasteiger partial charge on any atom is 0.396 e. The second kappa shape index (κ2) is 5.00. The molecule has 0 unspecified atom stereocenters. The molecule has 1 rings (SSSR count). The van der Waals surface area contributed by atoms with Crippen LogP contribution in [0.3, 0.4) is 0 Å². The number of anilines is 1. The Morgan fingerprint density at radius 1 is 1.20 bits per heavy atom. The normalized spacial score (nSPS) is 9.53. The first-order valence-electron chi connectivity index (χ1n) is 3.88. The minimum absolute atomic E-state index is 0.336. The van der Waals surface area contributed by atoms with Gasteiger partial charge in [0.1, 0.15) is 0 Å². The van der Waals surface area contributed by atoms with Gasteiger partial charge in [0, 0.05) is 15.7 Å². The van der Waals surface area contributed by atoms with E-state index in [1.807, 2.05) is 0 Å². The molecule has 0 radical (unpaired) electrons. The SMILES string of the molecule is COC(=O)C(=O)Nc1cc(Cl)cc(Cl)c1. The molecule has 80 valence electrons. The Balaban J connectivity index is 2.81. The highest BCUT2D eigenvalue weighted by Gasteiger charge is 2.13. The minimum Gasteiger partial charge on any atom is -0.462 e. The van der Waals surface area contributed by atoms with Gasteiger partial charge in [-0.2, -0.15) is 0 Å². The van der Waals surface area contributed by atoms with Crippen LogP contribution in [-0.4, -0.2) is 19.0 Å². The lowest BCUT2D eigenvalue weighted by molar-refractivity contribution is -0.150. The van der Waals surface area contributed by atoms with Crippen LogP contribution in [0, 0.1) is 0 Å². The van der Waals surface area contributed by atoms with E-state index in [1.54, 1.807) is 0 Å². The van der Waals surface area contributed by atoms with Crippen LogP contribution in [0.1, 0.15) is 0 Å². The molecule has 0 saturated carbocycles. The van der Waals surface area contributed by atoms with Gasteiger partial charge in [0.25, 0.3) is 0 Å². The third-order valence-corrected chi connectivity index (χ3v) is 1.93.